The number of sulfonamides is 1. The molecule has 0 aliphatic carbocycles. The molecular formula is C17H25FN2O2SSi. The average molecular weight is 369 g/mol. The van der Waals surface area contributed by atoms with E-state index in [9.17, 15) is 12.8 Å². The van der Waals surface area contributed by atoms with Gasteiger partial charge in [-0.05, 0) is 24.3 Å². The molecule has 1 aromatic carbocycles. The summed E-state index contributed by atoms with van der Waals surface area (Å²) in [5.41, 5.74) is 4.12. The molecule has 1 aliphatic heterocycles. The fraction of sp³-hybridized carbons (Fsp3) is 0.529. The predicted molar refractivity (Wildman–Crippen MR) is 99.7 cm³/mol. The molecule has 1 aliphatic rings. The SMILES string of the molecule is C[Si](C)(C)C#CCCS(=O)(=O)N1CCN(c2ccc(F)cc2)CC1. The van der Waals surface area contributed by atoms with Crippen LogP contribution in [-0.4, -0.2) is 52.7 Å². The molecule has 0 unspecified atom stereocenters. The molecule has 132 valence electrons. The Balaban J connectivity index is 1.88. The third-order valence-electron chi connectivity index (χ3n) is 3.77. The molecule has 1 aromatic rings. The van der Waals surface area contributed by atoms with Crippen molar-refractivity contribution >= 4 is 23.8 Å². The first-order chi connectivity index (χ1) is 11.2. The second kappa shape index (κ2) is 7.68. The Hall–Kier alpha value is -1.36. The van der Waals surface area contributed by atoms with Crippen molar-refractivity contribution in [3.8, 4) is 11.5 Å². The first-order valence-electron chi connectivity index (χ1n) is 8.16. The third-order valence-corrected chi connectivity index (χ3v) is 6.57. The quantitative estimate of drug-likeness (QED) is 0.606. The van der Waals surface area contributed by atoms with Crippen LogP contribution >= 0.6 is 0 Å². The molecule has 0 atom stereocenters. The van der Waals surface area contributed by atoms with Gasteiger partial charge in [-0.25, -0.2) is 12.8 Å². The van der Waals surface area contributed by atoms with Gasteiger partial charge in [0, 0.05) is 38.3 Å². The molecule has 1 fully saturated rings. The van der Waals surface area contributed by atoms with Crippen molar-refractivity contribution in [2.75, 3.05) is 36.8 Å². The fourth-order valence-electron chi connectivity index (χ4n) is 2.51. The molecule has 0 radical (unpaired) electrons. The number of nitrogens with zero attached hydrogens (tertiary/aromatic N) is 2. The lowest BCUT2D eigenvalue weighted by Gasteiger charge is -2.35. The Bertz CT molecular complexity index is 710. The smallest absolute Gasteiger partial charge is 0.215 e. The highest BCUT2D eigenvalue weighted by molar-refractivity contribution is 7.89. The van der Waals surface area contributed by atoms with Crippen molar-refractivity contribution < 1.29 is 12.8 Å². The van der Waals surface area contributed by atoms with Gasteiger partial charge < -0.3 is 4.90 Å². The van der Waals surface area contributed by atoms with Gasteiger partial charge in [0.05, 0.1) is 5.75 Å². The molecule has 4 nitrogen and oxygen atoms in total. The molecule has 0 bridgehead atoms. The number of hydrogen-bond donors (Lipinski definition) is 0. The van der Waals surface area contributed by atoms with Crippen LogP contribution in [-0.2, 0) is 10.0 Å². The van der Waals surface area contributed by atoms with Crippen LogP contribution in [0.15, 0.2) is 24.3 Å². The highest BCUT2D eigenvalue weighted by Crippen LogP contribution is 2.18. The zero-order valence-corrected chi connectivity index (χ0v) is 16.4. The first kappa shape index (κ1) is 19.0. The highest BCUT2D eigenvalue weighted by Gasteiger charge is 2.26. The number of benzene rings is 1. The maximum atomic E-state index is 13.0. The van der Waals surface area contributed by atoms with Crippen LogP contribution in [0.2, 0.25) is 19.6 Å². The van der Waals surface area contributed by atoms with Gasteiger partial charge in [-0.2, -0.15) is 4.31 Å². The number of halogens is 1. The Labute approximate surface area is 145 Å². The molecule has 0 aromatic heterocycles. The Morgan fingerprint density at radius 3 is 2.21 bits per heavy atom. The van der Waals surface area contributed by atoms with Gasteiger partial charge in [-0.15, -0.1) is 11.5 Å². The molecule has 1 saturated heterocycles. The topological polar surface area (TPSA) is 40.6 Å². The lowest BCUT2D eigenvalue weighted by Crippen LogP contribution is -2.49. The van der Waals surface area contributed by atoms with E-state index in [1.54, 1.807) is 16.4 Å². The van der Waals surface area contributed by atoms with Gasteiger partial charge in [-0.1, -0.05) is 19.6 Å². The van der Waals surface area contributed by atoms with Crippen molar-refractivity contribution in [3.05, 3.63) is 30.1 Å². The molecule has 0 spiro atoms. The van der Waals surface area contributed by atoms with E-state index in [0.717, 1.165) is 5.69 Å². The second-order valence-electron chi connectivity index (χ2n) is 6.98. The minimum atomic E-state index is -3.25. The van der Waals surface area contributed by atoms with E-state index < -0.39 is 18.1 Å². The summed E-state index contributed by atoms with van der Waals surface area (Å²) < 4.78 is 39.3. The van der Waals surface area contributed by atoms with Crippen molar-refractivity contribution in [1.29, 1.82) is 0 Å². The highest BCUT2D eigenvalue weighted by atomic mass is 32.2. The lowest BCUT2D eigenvalue weighted by molar-refractivity contribution is 0.385. The maximum absolute atomic E-state index is 13.0. The van der Waals surface area contributed by atoms with Gasteiger partial charge in [-0.3, -0.25) is 0 Å². The van der Waals surface area contributed by atoms with Crippen molar-refractivity contribution in [2.45, 2.75) is 26.1 Å². The van der Waals surface area contributed by atoms with E-state index in [0.29, 0.717) is 32.6 Å². The summed E-state index contributed by atoms with van der Waals surface area (Å²) in [7, 11) is -4.70. The zero-order chi connectivity index (χ0) is 17.8. The maximum Gasteiger partial charge on any atom is 0.215 e. The van der Waals surface area contributed by atoms with E-state index in [1.165, 1.54) is 12.1 Å². The third kappa shape index (κ3) is 5.62. The van der Waals surface area contributed by atoms with Gasteiger partial charge >= 0.3 is 0 Å². The normalized spacial score (nSPS) is 16.6. The van der Waals surface area contributed by atoms with E-state index in [2.05, 4.69) is 36.0 Å². The lowest BCUT2D eigenvalue weighted by atomic mass is 10.2. The van der Waals surface area contributed by atoms with Crippen LogP contribution in [0, 0.1) is 17.3 Å². The van der Waals surface area contributed by atoms with Crippen molar-refractivity contribution in [2.24, 2.45) is 0 Å². The summed E-state index contributed by atoms with van der Waals surface area (Å²) >= 11 is 0. The van der Waals surface area contributed by atoms with Crippen LogP contribution in [0.5, 0.6) is 0 Å². The van der Waals surface area contributed by atoms with Crippen molar-refractivity contribution in [3.63, 3.8) is 0 Å². The largest absolute Gasteiger partial charge is 0.369 e. The van der Waals surface area contributed by atoms with Crippen molar-refractivity contribution in [1.82, 2.24) is 4.31 Å². The number of piperazine rings is 1. The Morgan fingerprint density at radius 2 is 1.67 bits per heavy atom. The molecule has 7 heteroatoms. The molecule has 0 N–H and O–H groups in total. The van der Waals surface area contributed by atoms with Crippen LogP contribution in [0.3, 0.4) is 0 Å². The van der Waals surface area contributed by atoms with E-state index in [4.69, 9.17) is 0 Å². The van der Waals surface area contributed by atoms with E-state index in [-0.39, 0.29) is 11.6 Å². The molecule has 1 heterocycles. The summed E-state index contributed by atoms with van der Waals surface area (Å²) in [6.07, 6.45) is 0.394. The summed E-state index contributed by atoms with van der Waals surface area (Å²) in [6.45, 7) is 8.58. The first-order valence-corrected chi connectivity index (χ1v) is 13.3. The Kier molecular flexibility index (Phi) is 6.07. The molecular weight excluding hydrogens is 343 g/mol. The minimum absolute atomic E-state index is 0.0844. The van der Waals surface area contributed by atoms with Crippen LogP contribution in [0.4, 0.5) is 10.1 Å². The molecule has 2 rings (SSSR count). The second-order valence-corrected chi connectivity index (χ2v) is 13.8. The van der Waals surface area contributed by atoms with Crippen LogP contribution in [0.1, 0.15) is 6.42 Å². The molecule has 0 saturated carbocycles. The van der Waals surface area contributed by atoms with Gasteiger partial charge in [0.15, 0.2) is 0 Å². The van der Waals surface area contributed by atoms with E-state index >= 15 is 0 Å². The number of rotatable bonds is 4. The predicted octanol–water partition coefficient (Wildman–Crippen LogP) is 2.55. The van der Waals surface area contributed by atoms with Gasteiger partial charge in [0.1, 0.15) is 13.9 Å². The summed E-state index contributed by atoms with van der Waals surface area (Å²) in [4.78, 5) is 2.08. The zero-order valence-electron chi connectivity index (χ0n) is 14.5. The van der Waals surface area contributed by atoms with Crippen LogP contribution in [0.25, 0.3) is 0 Å². The van der Waals surface area contributed by atoms with Gasteiger partial charge in [0.25, 0.3) is 0 Å². The Morgan fingerprint density at radius 1 is 1.08 bits per heavy atom. The summed E-state index contributed by atoms with van der Waals surface area (Å²) in [6, 6.07) is 6.31. The fourth-order valence-corrected chi connectivity index (χ4v) is 4.51. The average Bonchev–Trinajstić information content (AvgIpc) is 2.52. The molecule has 24 heavy (non-hydrogen) atoms. The van der Waals surface area contributed by atoms with Gasteiger partial charge in [0.2, 0.25) is 10.0 Å². The number of hydrogen-bond acceptors (Lipinski definition) is 3. The summed E-state index contributed by atoms with van der Waals surface area (Å²) in [5, 5.41) is 0. The summed E-state index contributed by atoms with van der Waals surface area (Å²) in [5.74, 6) is 2.84. The number of anilines is 1. The van der Waals surface area contributed by atoms with E-state index in [1.807, 2.05) is 0 Å². The standard InChI is InChI=1S/C17H25FN2O2SSi/c1-24(2,3)15-5-4-14-23(21,22)20-12-10-19(11-13-20)17-8-6-16(18)7-9-17/h6-9H,4,10-14H2,1-3H3. The molecule has 0 amide bonds. The monoisotopic (exact) mass is 368 g/mol. The minimum Gasteiger partial charge on any atom is -0.369 e. The van der Waals surface area contributed by atoms with Crippen LogP contribution < -0.4 is 4.90 Å².